The minimum absolute atomic E-state index is 0.0237. The van der Waals surface area contributed by atoms with E-state index in [1.54, 1.807) is 30.5 Å². The molecule has 0 unspecified atom stereocenters. The number of aryl methyl sites for hydroxylation is 2. The number of likely N-dealkylation sites (tertiary alicyclic amines) is 1. The van der Waals surface area contributed by atoms with E-state index in [2.05, 4.69) is 5.10 Å². The van der Waals surface area contributed by atoms with E-state index in [0.29, 0.717) is 37.4 Å². The molecule has 0 radical (unpaired) electrons. The van der Waals surface area contributed by atoms with Crippen molar-refractivity contribution in [2.24, 2.45) is 14.1 Å². The van der Waals surface area contributed by atoms with Gasteiger partial charge in [0.2, 0.25) is 0 Å². The molecule has 1 amide bonds. The van der Waals surface area contributed by atoms with Crippen LogP contribution in [0.1, 0.15) is 29.0 Å². The second-order valence-corrected chi connectivity index (χ2v) is 8.11. The SMILES string of the molecule is COc1cccc(-c2cc(C(=O)N3CCC(Oc4cc(C)n(C)c(=O)c4)CC3)n(C)n2)c1. The van der Waals surface area contributed by atoms with E-state index in [4.69, 9.17) is 9.47 Å². The summed E-state index contributed by atoms with van der Waals surface area (Å²) in [5.74, 6) is 1.29. The first-order valence-electron chi connectivity index (χ1n) is 10.7. The number of nitrogens with zero attached hydrogens (tertiary/aromatic N) is 4. The van der Waals surface area contributed by atoms with E-state index < -0.39 is 0 Å². The quantitative estimate of drug-likeness (QED) is 0.615. The largest absolute Gasteiger partial charge is 0.497 e. The molecule has 8 heteroatoms. The van der Waals surface area contributed by atoms with Gasteiger partial charge in [-0.2, -0.15) is 5.10 Å². The number of pyridine rings is 1. The van der Waals surface area contributed by atoms with E-state index in [1.165, 1.54) is 6.07 Å². The summed E-state index contributed by atoms with van der Waals surface area (Å²) in [5.41, 5.74) is 2.94. The third-order valence-corrected chi connectivity index (χ3v) is 5.97. The molecule has 3 aromatic rings. The molecule has 0 aliphatic carbocycles. The van der Waals surface area contributed by atoms with Gasteiger partial charge < -0.3 is 18.9 Å². The van der Waals surface area contributed by atoms with Crippen LogP contribution in [-0.4, -0.2) is 51.5 Å². The first kappa shape index (κ1) is 21.7. The van der Waals surface area contributed by atoms with Crippen LogP contribution in [0.25, 0.3) is 11.3 Å². The van der Waals surface area contributed by atoms with Gasteiger partial charge in [-0.25, -0.2) is 0 Å². The monoisotopic (exact) mass is 436 g/mol. The van der Waals surface area contributed by atoms with E-state index in [1.807, 2.05) is 48.2 Å². The Morgan fingerprint density at radius 1 is 1.06 bits per heavy atom. The van der Waals surface area contributed by atoms with Gasteiger partial charge >= 0.3 is 0 Å². The molecule has 1 saturated heterocycles. The number of benzene rings is 1. The summed E-state index contributed by atoms with van der Waals surface area (Å²) < 4.78 is 14.5. The molecule has 2 aromatic heterocycles. The summed E-state index contributed by atoms with van der Waals surface area (Å²) >= 11 is 0. The summed E-state index contributed by atoms with van der Waals surface area (Å²) in [4.78, 5) is 27.0. The van der Waals surface area contributed by atoms with Crippen LogP contribution in [-0.2, 0) is 14.1 Å². The predicted octanol–water partition coefficient (Wildman–Crippen LogP) is 2.79. The molecule has 168 valence electrons. The number of methoxy groups -OCH3 is 1. The highest BCUT2D eigenvalue weighted by Crippen LogP contribution is 2.25. The zero-order valence-electron chi connectivity index (χ0n) is 18.9. The van der Waals surface area contributed by atoms with E-state index in [9.17, 15) is 9.59 Å². The van der Waals surface area contributed by atoms with Crippen molar-refractivity contribution in [2.45, 2.75) is 25.9 Å². The highest BCUT2D eigenvalue weighted by atomic mass is 16.5. The van der Waals surface area contributed by atoms with Crippen LogP contribution in [0.4, 0.5) is 0 Å². The van der Waals surface area contributed by atoms with Crippen LogP contribution >= 0.6 is 0 Å². The fraction of sp³-hybridized carbons (Fsp3) is 0.375. The molecule has 1 fully saturated rings. The number of piperidine rings is 1. The Balaban J connectivity index is 1.41. The summed E-state index contributed by atoms with van der Waals surface area (Å²) in [6, 6.07) is 12.8. The van der Waals surface area contributed by atoms with Crippen LogP contribution < -0.4 is 15.0 Å². The first-order valence-corrected chi connectivity index (χ1v) is 10.7. The van der Waals surface area contributed by atoms with Crippen molar-refractivity contribution < 1.29 is 14.3 Å². The van der Waals surface area contributed by atoms with E-state index in [0.717, 1.165) is 22.7 Å². The van der Waals surface area contributed by atoms with E-state index >= 15 is 0 Å². The average molecular weight is 437 g/mol. The number of aromatic nitrogens is 3. The molecule has 0 N–H and O–H groups in total. The van der Waals surface area contributed by atoms with Crippen molar-refractivity contribution in [2.75, 3.05) is 20.2 Å². The maximum Gasteiger partial charge on any atom is 0.272 e. The molecule has 1 aromatic carbocycles. The minimum atomic E-state index is -0.0874. The third-order valence-electron chi connectivity index (χ3n) is 5.97. The lowest BCUT2D eigenvalue weighted by molar-refractivity contribution is 0.0585. The number of rotatable bonds is 5. The van der Waals surface area contributed by atoms with Crippen LogP contribution in [0, 0.1) is 6.92 Å². The topological polar surface area (TPSA) is 78.6 Å². The fourth-order valence-electron chi connectivity index (χ4n) is 3.93. The Morgan fingerprint density at radius 2 is 1.81 bits per heavy atom. The van der Waals surface area contributed by atoms with Crippen LogP contribution in [0.2, 0.25) is 0 Å². The van der Waals surface area contributed by atoms with Gasteiger partial charge in [-0.15, -0.1) is 0 Å². The third kappa shape index (κ3) is 4.39. The van der Waals surface area contributed by atoms with Crippen molar-refractivity contribution >= 4 is 5.91 Å². The second kappa shape index (κ2) is 8.90. The Bertz CT molecular complexity index is 1190. The molecule has 0 saturated carbocycles. The van der Waals surface area contributed by atoms with Crippen molar-refractivity contribution in [3.8, 4) is 22.8 Å². The summed E-state index contributed by atoms with van der Waals surface area (Å²) in [6.07, 6.45) is 1.39. The van der Waals surface area contributed by atoms with Crippen LogP contribution in [0.3, 0.4) is 0 Å². The molecule has 1 aliphatic heterocycles. The minimum Gasteiger partial charge on any atom is -0.497 e. The lowest BCUT2D eigenvalue weighted by atomic mass is 10.1. The maximum absolute atomic E-state index is 13.1. The fourth-order valence-corrected chi connectivity index (χ4v) is 3.93. The van der Waals surface area contributed by atoms with Crippen molar-refractivity contribution in [1.82, 2.24) is 19.2 Å². The van der Waals surface area contributed by atoms with Gasteiger partial charge in [0.1, 0.15) is 23.3 Å². The second-order valence-electron chi connectivity index (χ2n) is 8.11. The van der Waals surface area contributed by atoms with Gasteiger partial charge in [-0.05, 0) is 31.2 Å². The summed E-state index contributed by atoms with van der Waals surface area (Å²) in [6.45, 7) is 3.06. The highest BCUT2D eigenvalue weighted by molar-refractivity contribution is 5.93. The van der Waals surface area contributed by atoms with Crippen molar-refractivity contribution in [3.05, 3.63) is 64.2 Å². The van der Waals surface area contributed by atoms with Crippen LogP contribution in [0.5, 0.6) is 11.5 Å². The lowest BCUT2D eigenvalue weighted by Crippen LogP contribution is -2.42. The molecule has 4 rings (SSSR count). The van der Waals surface area contributed by atoms with Gasteiger partial charge in [0.05, 0.1) is 12.8 Å². The number of hydrogen-bond donors (Lipinski definition) is 0. The number of carbonyl (C=O) groups is 1. The van der Waals surface area contributed by atoms with Crippen molar-refractivity contribution in [1.29, 1.82) is 0 Å². The van der Waals surface area contributed by atoms with Crippen LogP contribution in [0.15, 0.2) is 47.3 Å². The first-order chi connectivity index (χ1) is 15.4. The number of amides is 1. The Kier molecular flexibility index (Phi) is 6.03. The standard InChI is InChI=1S/C24H28N4O4/c1-16-12-20(14-23(29)26(16)2)32-18-8-10-28(11-9-18)24(30)22-15-21(25-27(22)3)17-6-5-7-19(13-17)31-4/h5-7,12-15,18H,8-11H2,1-4H3. The number of ether oxygens (including phenoxy) is 2. The zero-order valence-corrected chi connectivity index (χ0v) is 18.9. The normalized spacial score (nSPS) is 14.4. The number of hydrogen-bond acceptors (Lipinski definition) is 5. The smallest absolute Gasteiger partial charge is 0.272 e. The molecule has 0 bridgehead atoms. The number of carbonyl (C=O) groups excluding carboxylic acids is 1. The summed E-state index contributed by atoms with van der Waals surface area (Å²) in [7, 11) is 5.15. The molecular weight excluding hydrogens is 408 g/mol. The molecule has 0 atom stereocenters. The predicted molar refractivity (Wildman–Crippen MR) is 121 cm³/mol. The van der Waals surface area contributed by atoms with Gasteiger partial charge in [0, 0.05) is 57.4 Å². The Hall–Kier alpha value is -3.55. The zero-order chi connectivity index (χ0) is 22.8. The highest BCUT2D eigenvalue weighted by Gasteiger charge is 2.27. The van der Waals surface area contributed by atoms with Gasteiger partial charge in [-0.1, -0.05) is 12.1 Å². The molecule has 32 heavy (non-hydrogen) atoms. The average Bonchev–Trinajstić information content (AvgIpc) is 3.19. The summed E-state index contributed by atoms with van der Waals surface area (Å²) in [5, 5.41) is 4.52. The molecule has 3 heterocycles. The maximum atomic E-state index is 13.1. The lowest BCUT2D eigenvalue weighted by Gasteiger charge is -2.32. The van der Waals surface area contributed by atoms with E-state index in [-0.39, 0.29) is 17.6 Å². The van der Waals surface area contributed by atoms with Gasteiger partial charge in [0.15, 0.2) is 0 Å². The molecular formula is C24H28N4O4. The Morgan fingerprint density at radius 3 is 2.50 bits per heavy atom. The Labute approximate surface area is 187 Å². The van der Waals surface area contributed by atoms with Gasteiger partial charge in [0.25, 0.3) is 11.5 Å². The molecule has 0 spiro atoms. The molecule has 8 nitrogen and oxygen atoms in total. The molecule has 1 aliphatic rings. The van der Waals surface area contributed by atoms with Gasteiger partial charge in [-0.3, -0.25) is 14.3 Å². The van der Waals surface area contributed by atoms with Crippen molar-refractivity contribution in [3.63, 3.8) is 0 Å².